The number of carbonyl (C=O) groups is 2. The Morgan fingerprint density at radius 1 is 1.48 bits per heavy atom. The zero-order valence-electron chi connectivity index (χ0n) is 12.3. The lowest BCUT2D eigenvalue weighted by atomic mass is 10.1. The number of aromatic nitrogens is 1. The van der Waals surface area contributed by atoms with Crippen LogP contribution in [0, 0.1) is 11.8 Å². The lowest BCUT2D eigenvalue weighted by Gasteiger charge is -2.18. The summed E-state index contributed by atoms with van der Waals surface area (Å²) in [6, 6.07) is 5.51. The van der Waals surface area contributed by atoms with Gasteiger partial charge in [0.2, 0.25) is 11.8 Å². The maximum absolute atomic E-state index is 12.3. The summed E-state index contributed by atoms with van der Waals surface area (Å²) in [4.78, 5) is 30.3. The zero-order chi connectivity index (χ0) is 14.8. The molecule has 0 unspecified atom stereocenters. The van der Waals surface area contributed by atoms with Crippen LogP contribution in [0.3, 0.4) is 0 Å². The van der Waals surface area contributed by atoms with Crippen molar-refractivity contribution in [2.75, 3.05) is 13.1 Å². The van der Waals surface area contributed by atoms with Crippen molar-refractivity contribution in [3.63, 3.8) is 0 Å². The molecule has 3 rings (SSSR count). The van der Waals surface area contributed by atoms with E-state index in [4.69, 9.17) is 0 Å². The van der Waals surface area contributed by atoms with Gasteiger partial charge in [-0.05, 0) is 37.8 Å². The van der Waals surface area contributed by atoms with Crippen LogP contribution in [-0.2, 0) is 9.59 Å². The molecule has 1 aromatic heterocycles. The summed E-state index contributed by atoms with van der Waals surface area (Å²) >= 11 is 0. The molecule has 1 aromatic rings. The molecule has 2 amide bonds. The van der Waals surface area contributed by atoms with Crippen LogP contribution in [0.1, 0.15) is 37.9 Å². The molecular formula is C16H21N3O2. The van der Waals surface area contributed by atoms with Crippen molar-refractivity contribution in [3.8, 4) is 0 Å². The molecule has 2 fully saturated rings. The SMILES string of the molecule is C[C@H](NC(=O)[C@@H]1CC(=O)N(CC2CC2)C1)c1ccccn1. The van der Waals surface area contributed by atoms with Crippen LogP contribution >= 0.6 is 0 Å². The number of carbonyl (C=O) groups excluding carboxylic acids is 2. The molecule has 0 radical (unpaired) electrons. The van der Waals surface area contributed by atoms with Gasteiger partial charge in [-0.3, -0.25) is 14.6 Å². The van der Waals surface area contributed by atoms with Crippen molar-refractivity contribution in [1.82, 2.24) is 15.2 Å². The van der Waals surface area contributed by atoms with Gasteiger partial charge in [-0.15, -0.1) is 0 Å². The number of pyridine rings is 1. The van der Waals surface area contributed by atoms with Gasteiger partial charge < -0.3 is 10.2 Å². The Kier molecular flexibility index (Phi) is 3.90. The average Bonchev–Trinajstić information content (AvgIpc) is 3.23. The van der Waals surface area contributed by atoms with Gasteiger partial charge in [0.05, 0.1) is 17.7 Å². The molecule has 2 atom stereocenters. The van der Waals surface area contributed by atoms with E-state index < -0.39 is 0 Å². The molecular weight excluding hydrogens is 266 g/mol. The van der Waals surface area contributed by atoms with E-state index in [0.29, 0.717) is 18.9 Å². The minimum Gasteiger partial charge on any atom is -0.348 e. The highest BCUT2D eigenvalue weighted by Crippen LogP contribution is 2.32. The summed E-state index contributed by atoms with van der Waals surface area (Å²) in [5.41, 5.74) is 0.838. The minimum absolute atomic E-state index is 0.0419. The third-order valence-corrected chi connectivity index (χ3v) is 4.25. The van der Waals surface area contributed by atoms with Gasteiger partial charge in [0.15, 0.2) is 0 Å². The molecule has 0 spiro atoms. The highest BCUT2D eigenvalue weighted by Gasteiger charge is 2.37. The van der Waals surface area contributed by atoms with Crippen LogP contribution < -0.4 is 5.32 Å². The van der Waals surface area contributed by atoms with E-state index in [-0.39, 0.29) is 23.8 Å². The summed E-state index contributed by atoms with van der Waals surface area (Å²) in [7, 11) is 0. The van der Waals surface area contributed by atoms with Crippen molar-refractivity contribution < 1.29 is 9.59 Å². The van der Waals surface area contributed by atoms with Crippen LogP contribution in [0.25, 0.3) is 0 Å². The zero-order valence-corrected chi connectivity index (χ0v) is 12.3. The highest BCUT2D eigenvalue weighted by atomic mass is 16.2. The van der Waals surface area contributed by atoms with E-state index in [9.17, 15) is 9.59 Å². The molecule has 5 heteroatoms. The van der Waals surface area contributed by atoms with Crippen LogP contribution in [0.15, 0.2) is 24.4 Å². The third kappa shape index (κ3) is 3.40. The van der Waals surface area contributed by atoms with Gasteiger partial charge in [0.1, 0.15) is 0 Å². The number of nitrogens with one attached hydrogen (secondary N) is 1. The van der Waals surface area contributed by atoms with Gasteiger partial charge >= 0.3 is 0 Å². The Hall–Kier alpha value is -1.91. The molecule has 1 saturated heterocycles. The van der Waals surface area contributed by atoms with Gasteiger partial charge in [-0.1, -0.05) is 6.07 Å². The van der Waals surface area contributed by atoms with Crippen molar-refractivity contribution in [1.29, 1.82) is 0 Å². The summed E-state index contributed by atoms with van der Waals surface area (Å²) in [5, 5.41) is 2.97. The summed E-state index contributed by atoms with van der Waals surface area (Å²) in [6.07, 6.45) is 4.50. The van der Waals surface area contributed by atoms with Crippen LogP contribution in [0.4, 0.5) is 0 Å². The number of nitrogens with zero attached hydrogens (tertiary/aromatic N) is 2. The molecule has 21 heavy (non-hydrogen) atoms. The third-order valence-electron chi connectivity index (χ3n) is 4.25. The molecule has 2 heterocycles. The van der Waals surface area contributed by atoms with Gasteiger partial charge in [-0.25, -0.2) is 0 Å². The molecule has 1 aliphatic carbocycles. The van der Waals surface area contributed by atoms with Gasteiger partial charge in [0, 0.05) is 25.7 Å². The number of hydrogen-bond donors (Lipinski definition) is 1. The first-order valence-corrected chi connectivity index (χ1v) is 7.62. The summed E-state index contributed by atoms with van der Waals surface area (Å²) < 4.78 is 0. The first-order chi connectivity index (χ1) is 10.1. The first-order valence-electron chi connectivity index (χ1n) is 7.62. The number of amides is 2. The van der Waals surface area contributed by atoms with E-state index in [1.807, 2.05) is 30.0 Å². The highest BCUT2D eigenvalue weighted by molar-refractivity contribution is 5.89. The monoisotopic (exact) mass is 287 g/mol. The summed E-state index contributed by atoms with van der Waals surface area (Å²) in [6.45, 7) is 3.31. The first kappa shape index (κ1) is 14.0. The molecule has 1 N–H and O–H groups in total. The smallest absolute Gasteiger partial charge is 0.225 e. The fourth-order valence-electron chi connectivity index (χ4n) is 2.77. The van der Waals surface area contributed by atoms with Crippen LogP contribution in [0.5, 0.6) is 0 Å². The number of likely N-dealkylation sites (tertiary alicyclic amines) is 1. The number of rotatable bonds is 5. The average molecular weight is 287 g/mol. The number of hydrogen-bond acceptors (Lipinski definition) is 3. The fourth-order valence-corrected chi connectivity index (χ4v) is 2.77. The maximum Gasteiger partial charge on any atom is 0.225 e. The Labute approximate surface area is 124 Å². The molecule has 1 aliphatic heterocycles. The molecule has 1 saturated carbocycles. The van der Waals surface area contributed by atoms with Crippen molar-refractivity contribution in [2.24, 2.45) is 11.8 Å². The minimum atomic E-state index is -0.220. The van der Waals surface area contributed by atoms with Gasteiger partial charge in [0.25, 0.3) is 0 Å². The van der Waals surface area contributed by atoms with E-state index in [1.165, 1.54) is 12.8 Å². The van der Waals surface area contributed by atoms with Crippen LogP contribution in [-0.4, -0.2) is 34.8 Å². The lowest BCUT2D eigenvalue weighted by Crippen LogP contribution is -2.35. The van der Waals surface area contributed by atoms with Crippen molar-refractivity contribution in [3.05, 3.63) is 30.1 Å². The van der Waals surface area contributed by atoms with E-state index in [2.05, 4.69) is 10.3 Å². The van der Waals surface area contributed by atoms with Crippen molar-refractivity contribution in [2.45, 2.75) is 32.2 Å². The molecule has 112 valence electrons. The fraction of sp³-hybridized carbons (Fsp3) is 0.562. The van der Waals surface area contributed by atoms with Gasteiger partial charge in [-0.2, -0.15) is 0 Å². The Morgan fingerprint density at radius 3 is 2.95 bits per heavy atom. The molecule has 5 nitrogen and oxygen atoms in total. The quantitative estimate of drug-likeness (QED) is 0.893. The Balaban J connectivity index is 1.54. The normalized spacial score (nSPS) is 23.2. The largest absolute Gasteiger partial charge is 0.348 e. The van der Waals surface area contributed by atoms with Crippen molar-refractivity contribution >= 4 is 11.8 Å². The second-order valence-corrected chi connectivity index (χ2v) is 6.13. The predicted molar refractivity (Wildman–Crippen MR) is 78.2 cm³/mol. The lowest BCUT2D eigenvalue weighted by molar-refractivity contribution is -0.129. The standard InChI is InChI=1S/C16H21N3O2/c1-11(14-4-2-3-7-17-14)18-16(21)13-8-15(20)19(10-13)9-12-5-6-12/h2-4,7,11-13H,5-6,8-10H2,1H3,(H,18,21)/t11-,13+/m0/s1. The van der Waals surface area contributed by atoms with Crippen LogP contribution in [0.2, 0.25) is 0 Å². The Bertz CT molecular complexity index is 528. The second-order valence-electron chi connectivity index (χ2n) is 6.13. The predicted octanol–water partition coefficient (Wildman–Crippen LogP) is 1.52. The molecule has 0 aromatic carbocycles. The maximum atomic E-state index is 12.3. The second kappa shape index (κ2) is 5.84. The summed E-state index contributed by atoms with van der Waals surface area (Å²) in [5.74, 6) is 0.526. The molecule has 2 aliphatic rings. The topological polar surface area (TPSA) is 62.3 Å². The Morgan fingerprint density at radius 2 is 2.29 bits per heavy atom. The van der Waals surface area contributed by atoms with E-state index in [1.54, 1.807) is 6.20 Å². The van der Waals surface area contributed by atoms with E-state index >= 15 is 0 Å². The van der Waals surface area contributed by atoms with E-state index in [0.717, 1.165) is 12.2 Å². The molecule has 0 bridgehead atoms.